The van der Waals surface area contributed by atoms with Crippen molar-refractivity contribution in [2.45, 2.75) is 25.7 Å². The van der Waals surface area contributed by atoms with Crippen LogP contribution >= 0.6 is 11.6 Å². The number of hydrogen-bond acceptors (Lipinski definition) is 4. The van der Waals surface area contributed by atoms with E-state index in [0.29, 0.717) is 12.4 Å². The van der Waals surface area contributed by atoms with Gasteiger partial charge >= 0.3 is 0 Å². The Hall–Kier alpha value is -3.38. The number of nitrogens with zero attached hydrogens (tertiary/aromatic N) is 3. The highest BCUT2D eigenvalue weighted by molar-refractivity contribution is 6.33. The van der Waals surface area contributed by atoms with Crippen molar-refractivity contribution in [1.82, 2.24) is 20.3 Å². The molecule has 0 saturated heterocycles. The van der Waals surface area contributed by atoms with Gasteiger partial charge in [0.1, 0.15) is 11.5 Å². The molecule has 0 saturated carbocycles. The van der Waals surface area contributed by atoms with Crippen molar-refractivity contribution in [3.05, 3.63) is 88.6 Å². The molecule has 0 aliphatic heterocycles. The third-order valence-electron chi connectivity index (χ3n) is 5.77. The molecule has 1 amide bonds. The summed E-state index contributed by atoms with van der Waals surface area (Å²) in [5.41, 5.74) is 4.63. The number of amides is 1. The molecular weight excluding hydrogens is 434 g/mol. The van der Waals surface area contributed by atoms with Crippen molar-refractivity contribution >= 4 is 34.1 Å². The van der Waals surface area contributed by atoms with Gasteiger partial charge in [0.05, 0.1) is 11.2 Å². The molecule has 0 aliphatic carbocycles. The summed E-state index contributed by atoms with van der Waals surface area (Å²) in [6.45, 7) is 4.37. The smallest absolute Gasteiger partial charge is 0.271 e. The number of rotatable bonds is 7. The topological polar surface area (TPSA) is 73.9 Å². The molecule has 4 rings (SSSR count). The van der Waals surface area contributed by atoms with Crippen LogP contribution in [0.4, 0.5) is 5.69 Å². The van der Waals surface area contributed by atoms with Crippen molar-refractivity contribution in [1.29, 1.82) is 0 Å². The predicted molar refractivity (Wildman–Crippen MR) is 134 cm³/mol. The number of fused-ring (bicyclic) bond motifs is 1. The summed E-state index contributed by atoms with van der Waals surface area (Å²) in [4.78, 5) is 27.1. The van der Waals surface area contributed by atoms with Crippen molar-refractivity contribution in [3.8, 4) is 0 Å². The van der Waals surface area contributed by atoms with Crippen LogP contribution in [0.25, 0.3) is 10.9 Å². The van der Waals surface area contributed by atoms with E-state index < -0.39 is 0 Å². The maximum absolute atomic E-state index is 13.1. The summed E-state index contributed by atoms with van der Waals surface area (Å²) in [7, 11) is 4.03. The molecule has 0 aliphatic rings. The van der Waals surface area contributed by atoms with Crippen molar-refractivity contribution in [2.75, 3.05) is 25.5 Å². The third kappa shape index (κ3) is 4.86. The van der Waals surface area contributed by atoms with Crippen LogP contribution in [-0.2, 0) is 0 Å². The van der Waals surface area contributed by atoms with Gasteiger partial charge in [-0.15, -0.1) is 0 Å². The summed E-state index contributed by atoms with van der Waals surface area (Å²) in [5, 5.41) is 4.44. The Morgan fingerprint density at radius 3 is 2.55 bits per heavy atom. The molecule has 170 valence electrons. The molecule has 0 radical (unpaired) electrons. The number of nitrogens with one attached hydrogen (secondary N) is 2. The van der Waals surface area contributed by atoms with Crippen molar-refractivity contribution in [3.63, 3.8) is 0 Å². The molecule has 4 aromatic rings. The first-order chi connectivity index (χ1) is 15.8. The first-order valence-electron chi connectivity index (χ1n) is 11.0. The van der Waals surface area contributed by atoms with Crippen LogP contribution in [0.3, 0.4) is 0 Å². The Labute approximate surface area is 199 Å². The van der Waals surface area contributed by atoms with Gasteiger partial charge in [0.15, 0.2) is 0 Å². The van der Waals surface area contributed by atoms with Crippen LogP contribution in [-0.4, -0.2) is 41.5 Å². The zero-order chi connectivity index (χ0) is 23.5. The van der Waals surface area contributed by atoms with Gasteiger partial charge in [0, 0.05) is 55.3 Å². The zero-order valence-electron chi connectivity index (χ0n) is 19.3. The summed E-state index contributed by atoms with van der Waals surface area (Å²) in [5.74, 6) is 0.338. The number of hydrogen-bond donors (Lipinski definition) is 2. The summed E-state index contributed by atoms with van der Waals surface area (Å²) >= 11 is 6.26. The fourth-order valence-electron chi connectivity index (χ4n) is 3.89. The second-order valence-corrected chi connectivity index (χ2v) is 9.02. The lowest BCUT2D eigenvalue weighted by molar-refractivity contribution is 0.0947. The first kappa shape index (κ1) is 22.8. The average molecular weight is 462 g/mol. The second kappa shape index (κ2) is 9.63. The minimum Gasteiger partial charge on any atom is -0.378 e. The predicted octanol–water partition coefficient (Wildman–Crippen LogP) is 5.36. The van der Waals surface area contributed by atoms with Gasteiger partial charge in [-0.05, 0) is 29.3 Å². The maximum atomic E-state index is 13.1. The van der Waals surface area contributed by atoms with Gasteiger partial charge in [-0.1, -0.05) is 55.8 Å². The average Bonchev–Trinajstić information content (AvgIpc) is 3.23. The highest BCUT2D eigenvalue weighted by atomic mass is 35.5. The number of carbonyl (C=O) groups is 1. The van der Waals surface area contributed by atoms with E-state index in [0.717, 1.165) is 27.7 Å². The standard InChI is InChI=1S/C26H28ClN5O/c1-16(2)25-29-15-22(27)24(31-25)26(33)30-13-20(17-9-11-18(12-10-17)32(3)4)21-14-28-23-8-6-5-7-19(21)23/h5-12,14-16,20,28H,13H2,1-4H3,(H,30,33). The number of para-hydroxylation sites is 1. The second-order valence-electron chi connectivity index (χ2n) is 8.62. The molecule has 1 atom stereocenters. The van der Waals surface area contributed by atoms with Gasteiger partial charge in [-0.3, -0.25) is 4.79 Å². The molecule has 33 heavy (non-hydrogen) atoms. The molecule has 2 N–H and O–H groups in total. The Morgan fingerprint density at radius 2 is 1.85 bits per heavy atom. The highest BCUT2D eigenvalue weighted by Crippen LogP contribution is 2.31. The summed E-state index contributed by atoms with van der Waals surface area (Å²) in [6.07, 6.45) is 3.52. The fraction of sp³-hybridized carbons (Fsp3) is 0.269. The molecule has 1 unspecified atom stereocenters. The minimum absolute atomic E-state index is 0.0495. The van der Waals surface area contributed by atoms with Gasteiger partial charge in [0.25, 0.3) is 5.91 Å². The lowest BCUT2D eigenvalue weighted by atomic mass is 9.90. The van der Waals surface area contributed by atoms with E-state index in [-0.39, 0.29) is 28.5 Å². The van der Waals surface area contributed by atoms with E-state index in [4.69, 9.17) is 11.6 Å². The number of carbonyl (C=O) groups excluding carboxylic acids is 1. The van der Waals surface area contributed by atoms with Gasteiger partial charge < -0.3 is 15.2 Å². The summed E-state index contributed by atoms with van der Waals surface area (Å²) in [6, 6.07) is 16.6. The number of benzene rings is 2. The number of aromatic nitrogens is 3. The molecular formula is C26H28ClN5O. The Bertz CT molecular complexity index is 1260. The number of aromatic amines is 1. The maximum Gasteiger partial charge on any atom is 0.271 e. The quantitative estimate of drug-likeness (QED) is 0.388. The molecule has 2 heterocycles. The SMILES string of the molecule is CC(C)c1ncc(Cl)c(C(=O)NCC(c2ccc(N(C)C)cc2)c2c[nH]c3ccccc23)n1. The van der Waals surface area contributed by atoms with E-state index in [1.54, 1.807) is 0 Å². The normalized spacial score (nSPS) is 12.2. The molecule has 0 fully saturated rings. The van der Waals surface area contributed by atoms with Gasteiger partial charge in [-0.25, -0.2) is 9.97 Å². The van der Waals surface area contributed by atoms with Gasteiger partial charge in [0.2, 0.25) is 0 Å². The lowest BCUT2D eigenvalue weighted by Gasteiger charge is -2.20. The largest absolute Gasteiger partial charge is 0.378 e. The Balaban J connectivity index is 1.66. The van der Waals surface area contributed by atoms with Crippen LogP contribution in [0.2, 0.25) is 5.02 Å². The van der Waals surface area contributed by atoms with Crippen molar-refractivity contribution in [2.24, 2.45) is 0 Å². The van der Waals surface area contributed by atoms with Gasteiger partial charge in [-0.2, -0.15) is 0 Å². The molecule has 2 aromatic carbocycles. The highest BCUT2D eigenvalue weighted by Gasteiger charge is 2.21. The number of H-pyrrole nitrogens is 1. The number of halogens is 1. The molecule has 0 bridgehead atoms. The fourth-order valence-corrected chi connectivity index (χ4v) is 4.07. The first-order valence-corrected chi connectivity index (χ1v) is 11.4. The van der Waals surface area contributed by atoms with Crippen LogP contribution < -0.4 is 10.2 Å². The Morgan fingerprint density at radius 1 is 1.12 bits per heavy atom. The number of anilines is 1. The van der Waals surface area contributed by atoms with Crippen LogP contribution in [0.15, 0.2) is 60.9 Å². The third-order valence-corrected chi connectivity index (χ3v) is 6.05. The van der Waals surface area contributed by atoms with E-state index in [1.807, 2.05) is 46.3 Å². The minimum atomic E-state index is -0.306. The van der Waals surface area contributed by atoms with Crippen LogP contribution in [0, 0.1) is 0 Å². The van der Waals surface area contributed by atoms with E-state index in [2.05, 4.69) is 61.6 Å². The molecule has 6 nitrogen and oxygen atoms in total. The van der Waals surface area contributed by atoms with Crippen LogP contribution in [0.5, 0.6) is 0 Å². The van der Waals surface area contributed by atoms with E-state index in [1.165, 1.54) is 6.20 Å². The van der Waals surface area contributed by atoms with Crippen LogP contribution in [0.1, 0.15) is 53.1 Å². The zero-order valence-corrected chi connectivity index (χ0v) is 20.0. The van der Waals surface area contributed by atoms with E-state index in [9.17, 15) is 4.79 Å². The lowest BCUT2D eigenvalue weighted by Crippen LogP contribution is -2.30. The van der Waals surface area contributed by atoms with Crippen molar-refractivity contribution < 1.29 is 4.79 Å². The molecule has 2 aromatic heterocycles. The Kier molecular flexibility index (Phi) is 6.65. The molecule has 0 spiro atoms. The monoisotopic (exact) mass is 461 g/mol. The molecule has 7 heteroatoms. The summed E-state index contributed by atoms with van der Waals surface area (Å²) < 4.78 is 0. The van der Waals surface area contributed by atoms with E-state index >= 15 is 0 Å².